The van der Waals surface area contributed by atoms with E-state index in [4.69, 9.17) is 32.9 Å². The van der Waals surface area contributed by atoms with Crippen molar-refractivity contribution in [2.24, 2.45) is 0 Å². The van der Waals surface area contributed by atoms with Gasteiger partial charge >= 0.3 is 0 Å². The summed E-state index contributed by atoms with van der Waals surface area (Å²) >= 11 is 14.3. The fraction of sp³-hybridized carbons (Fsp3) is 0.208. The van der Waals surface area contributed by atoms with Crippen molar-refractivity contribution in [1.82, 2.24) is 15.0 Å². The van der Waals surface area contributed by atoms with E-state index in [1.165, 1.54) is 17.4 Å². The monoisotopic (exact) mass is 566 g/mol. The Labute approximate surface area is 222 Å². The molecule has 2 aromatic carbocycles. The van der Waals surface area contributed by atoms with E-state index >= 15 is 0 Å². The Bertz CT molecular complexity index is 1430. The molecule has 1 unspecified atom stereocenters. The third-order valence-electron chi connectivity index (χ3n) is 5.63. The molecule has 0 aliphatic carbocycles. The Morgan fingerprint density at radius 1 is 1.03 bits per heavy atom. The second-order valence-electron chi connectivity index (χ2n) is 7.92. The van der Waals surface area contributed by atoms with Crippen molar-refractivity contribution in [3.05, 3.63) is 75.6 Å². The van der Waals surface area contributed by atoms with Gasteiger partial charge in [-0.05, 0) is 48.7 Å². The molecule has 1 N–H and O–H groups in total. The second-order valence-corrected chi connectivity index (χ2v) is 10.8. The number of nitrogens with one attached hydrogen (secondary N) is 1. The van der Waals surface area contributed by atoms with Gasteiger partial charge in [-0.3, -0.25) is 4.72 Å². The number of nitrogens with zero attached hydrogens (tertiary/aromatic N) is 3. The third kappa shape index (κ3) is 5.14. The van der Waals surface area contributed by atoms with E-state index in [9.17, 15) is 13.0 Å². The van der Waals surface area contributed by atoms with Crippen LogP contribution in [0.3, 0.4) is 0 Å². The van der Waals surface area contributed by atoms with Gasteiger partial charge in [0, 0.05) is 30.9 Å². The summed E-state index contributed by atoms with van der Waals surface area (Å²) in [7, 11) is -2.23. The molecule has 12 heteroatoms. The first-order valence-corrected chi connectivity index (χ1v) is 13.6. The Hall–Kier alpha value is -2.50. The first-order valence-electron chi connectivity index (χ1n) is 10.9. The SMILES string of the molecule is O=S(Nc1cccc(-c2nc(C3CCOCC3)sc2-c2ccnc(Cl)n2)c1Cl)c1c(F)cccc1F. The maximum absolute atomic E-state index is 14.2. The smallest absolute Gasteiger partial charge is 0.222 e. The quantitative estimate of drug-likeness (QED) is 0.257. The van der Waals surface area contributed by atoms with Crippen molar-refractivity contribution in [2.75, 3.05) is 17.9 Å². The molecule has 4 aromatic rings. The molecular weight excluding hydrogens is 549 g/mol. The lowest BCUT2D eigenvalue weighted by Gasteiger charge is -2.19. The van der Waals surface area contributed by atoms with E-state index in [0.717, 1.165) is 34.9 Å². The molecule has 0 saturated carbocycles. The van der Waals surface area contributed by atoms with Crippen LogP contribution in [0.15, 0.2) is 53.6 Å². The molecule has 1 atom stereocenters. The summed E-state index contributed by atoms with van der Waals surface area (Å²) in [6.07, 6.45) is 3.26. The van der Waals surface area contributed by atoms with Gasteiger partial charge in [0.05, 0.1) is 32.0 Å². The number of aromatic nitrogens is 3. The van der Waals surface area contributed by atoms with Crippen molar-refractivity contribution in [2.45, 2.75) is 23.7 Å². The minimum atomic E-state index is -2.23. The highest BCUT2D eigenvalue weighted by Crippen LogP contribution is 2.44. The van der Waals surface area contributed by atoms with Crippen molar-refractivity contribution in [3.63, 3.8) is 0 Å². The van der Waals surface area contributed by atoms with Gasteiger partial charge < -0.3 is 4.74 Å². The van der Waals surface area contributed by atoms with Crippen LogP contribution < -0.4 is 4.72 Å². The summed E-state index contributed by atoms with van der Waals surface area (Å²) in [4.78, 5) is 13.4. The van der Waals surface area contributed by atoms with Crippen LogP contribution in [-0.2, 0) is 15.7 Å². The number of hydrogen-bond acceptors (Lipinski definition) is 6. The molecule has 0 spiro atoms. The molecule has 2 aromatic heterocycles. The summed E-state index contributed by atoms with van der Waals surface area (Å²) in [5.74, 6) is -1.61. The molecule has 36 heavy (non-hydrogen) atoms. The highest BCUT2D eigenvalue weighted by atomic mass is 35.5. The van der Waals surface area contributed by atoms with Gasteiger partial charge in [-0.15, -0.1) is 11.3 Å². The zero-order valence-electron chi connectivity index (χ0n) is 18.5. The molecule has 186 valence electrons. The standard InChI is InChI=1S/C24H18Cl2F2N4O2S2/c25-19-14(3-1-6-17(19)32-36(33)22-15(27)4-2-5-16(22)28)20-21(18-7-10-29-24(26)30-18)35-23(31-20)13-8-11-34-12-9-13/h1-7,10,13,32H,8-9,11-12H2. The average Bonchev–Trinajstić information content (AvgIpc) is 3.31. The predicted octanol–water partition coefficient (Wildman–Crippen LogP) is 6.88. The lowest BCUT2D eigenvalue weighted by molar-refractivity contribution is 0.0853. The topological polar surface area (TPSA) is 77.0 Å². The molecule has 5 rings (SSSR count). The van der Waals surface area contributed by atoms with Gasteiger partial charge in [-0.25, -0.2) is 27.9 Å². The van der Waals surface area contributed by atoms with E-state index in [0.29, 0.717) is 30.2 Å². The molecule has 1 aliphatic heterocycles. The van der Waals surface area contributed by atoms with Crippen molar-refractivity contribution in [3.8, 4) is 21.8 Å². The minimum Gasteiger partial charge on any atom is -0.381 e. The lowest BCUT2D eigenvalue weighted by Crippen LogP contribution is -2.13. The van der Waals surface area contributed by atoms with Crippen molar-refractivity contribution < 1.29 is 17.7 Å². The molecule has 3 heterocycles. The summed E-state index contributed by atoms with van der Waals surface area (Å²) < 4.78 is 49.2. The Morgan fingerprint density at radius 2 is 1.75 bits per heavy atom. The largest absolute Gasteiger partial charge is 0.381 e. The van der Waals surface area contributed by atoms with Crippen LogP contribution >= 0.6 is 34.5 Å². The van der Waals surface area contributed by atoms with Gasteiger partial charge in [-0.2, -0.15) is 0 Å². The summed E-state index contributed by atoms with van der Waals surface area (Å²) in [5.41, 5.74) is 1.95. The van der Waals surface area contributed by atoms with E-state index in [-0.39, 0.29) is 21.9 Å². The van der Waals surface area contributed by atoms with E-state index in [2.05, 4.69) is 14.7 Å². The fourth-order valence-electron chi connectivity index (χ4n) is 3.88. The Balaban J connectivity index is 1.57. The molecule has 6 nitrogen and oxygen atoms in total. The first-order chi connectivity index (χ1) is 17.4. The Kier molecular flexibility index (Phi) is 7.59. The van der Waals surface area contributed by atoms with Crippen molar-refractivity contribution in [1.29, 1.82) is 0 Å². The average molecular weight is 567 g/mol. The van der Waals surface area contributed by atoms with E-state index in [1.807, 2.05) is 0 Å². The number of hydrogen-bond donors (Lipinski definition) is 1. The van der Waals surface area contributed by atoms with E-state index in [1.54, 1.807) is 30.5 Å². The maximum atomic E-state index is 14.2. The molecule has 1 aliphatic rings. The van der Waals surface area contributed by atoms with Crippen molar-refractivity contribution >= 4 is 51.2 Å². The lowest BCUT2D eigenvalue weighted by atomic mass is 10.0. The van der Waals surface area contributed by atoms with Gasteiger partial charge in [0.15, 0.2) is 11.0 Å². The fourth-order valence-corrected chi connectivity index (χ4v) is 6.52. The van der Waals surface area contributed by atoms with Gasteiger partial charge in [-0.1, -0.05) is 29.8 Å². The van der Waals surface area contributed by atoms with Crippen LogP contribution in [-0.4, -0.2) is 32.4 Å². The predicted molar refractivity (Wildman–Crippen MR) is 138 cm³/mol. The van der Waals surface area contributed by atoms with Gasteiger partial charge in [0.1, 0.15) is 16.5 Å². The number of anilines is 1. The zero-order chi connectivity index (χ0) is 25.2. The van der Waals surface area contributed by atoms with E-state index < -0.39 is 27.5 Å². The third-order valence-corrected chi connectivity index (χ3v) is 8.63. The number of benzene rings is 2. The van der Waals surface area contributed by atoms with Crippen LogP contribution in [0.1, 0.15) is 23.8 Å². The maximum Gasteiger partial charge on any atom is 0.222 e. The van der Waals surface area contributed by atoms with Crippen LogP contribution in [0.5, 0.6) is 0 Å². The number of ether oxygens (including phenoxy) is 1. The van der Waals surface area contributed by atoms with Crippen LogP contribution in [0.2, 0.25) is 10.3 Å². The highest BCUT2D eigenvalue weighted by Gasteiger charge is 2.26. The number of thiazole rings is 1. The normalized spacial score (nSPS) is 15.1. The first kappa shape index (κ1) is 25.2. The molecule has 0 radical (unpaired) electrons. The Morgan fingerprint density at radius 3 is 2.47 bits per heavy atom. The second kappa shape index (κ2) is 10.9. The van der Waals surface area contributed by atoms with Gasteiger partial charge in [0.2, 0.25) is 5.28 Å². The minimum absolute atomic E-state index is 0.100. The molecular formula is C24H18Cl2F2N4O2S2. The zero-order valence-corrected chi connectivity index (χ0v) is 21.7. The molecule has 0 amide bonds. The molecule has 0 bridgehead atoms. The van der Waals surface area contributed by atoms with Gasteiger partial charge in [0.25, 0.3) is 0 Å². The van der Waals surface area contributed by atoms with Crippen LogP contribution in [0.4, 0.5) is 14.5 Å². The summed E-state index contributed by atoms with van der Waals surface area (Å²) in [6, 6.07) is 10.1. The summed E-state index contributed by atoms with van der Waals surface area (Å²) in [6.45, 7) is 1.32. The molecule has 1 saturated heterocycles. The summed E-state index contributed by atoms with van der Waals surface area (Å²) in [5, 5.41) is 1.22. The van der Waals surface area contributed by atoms with Crippen LogP contribution in [0.25, 0.3) is 21.8 Å². The van der Waals surface area contributed by atoms with Crippen LogP contribution in [0, 0.1) is 11.6 Å². The number of rotatable bonds is 6. The number of halogens is 4. The highest BCUT2D eigenvalue weighted by molar-refractivity contribution is 7.86. The molecule has 1 fully saturated rings.